The van der Waals surface area contributed by atoms with Gasteiger partial charge in [0.15, 0.2) is 6.10 Å². The summed E-state index contributed by atoms with van der Waals surface area (Å²) in [5.41, 5.74) is 0.265. The van der Waals surface area contributed by atoms with Gasteiger partial charge >= 0.3 is 6.09 Å². The van der Waals surface area contributed by atoms with E-state index in [1.807, 2.05) is 0 Å². The lowest BCUT2D eigenvalue weighted by atomic mass is 10.1. The minimum atomic E-state index is -0.792. The topological polar surface area (TPSA) is 96.5 Å². The van der Waals surface area contributed by atoms with Crippen LogP contribution in [0.15, 0.2) is 18.2 Å². The quantitative estimate of drug-likeness (QED) is 0.532. The van der Waals surface area contributed by atoms with Crippen LogP contribution in [0.3, 0.4) is 0 Å². The number of alkyl carbamates (subject to hydrolysis) is 1. The van der Waals surface area contributed by atoms with E-state index in [0.717, 1.165) is 18.2 Å². The second-order valence-corrected chi connectivity index (χ2v) is 6.21. The Morgan fingerprint density at radius 2 is 1.89 bits per heavy atom. The first-order chi connectivity index (χ1) is 13.0. The molecule has 148 valence electrons. The number of cyclic esters (lactones) is 1. The molecule has 1 aliphatic heterocycles. The largest absolute Gasteiger partial charge is 0.434 e. The molecule has 27 heavy (non-hydrogen) atoms. The average Bonchev–Trinajstić information content (AvgIpc) is 3.07. The molecule has 0 saturated carbocycles. The Bertz CT molecular complexity index is 685. The summed E-state index contributed by atoms with van der Waals surface area (Å²) < 4.78 is 31.3. The molecular formula is C18H23F2N3O4. The fraction of sp³-hybridized carbons (Fsp3) is 0.500. The van der Waals surface area contributed by atoms with E-state index in [1.165, 1.54) is 0 Å². The average molecular weight is 383 g/mol. The van der Waals surface area contributed by atoms with Crippen molar-refractivity contribution >= 4 is 17.9 Å². The highest BCUT2D eigenvalue weighted by molar-refractivity contribution is 5.86. The monoisotopic (exact) mass is 383 g/mol. The number of amides is 3. The molecule has 0 bridgehead atoms. The van der Waals surface area contributed by atoms with Crippen molar-refractivity contribution in [2.75, 3.05) is 19.6 Å². The van der Waals surface area contributed by atoms with Gasteiger partial charge in [0, 0.05) is 19.5 Å². The molecule has 1 aliphatic rings. The summed E-state index contributed by atoms with van der Waals surface area (Å²) >= 11 is 0. The fourth-order valence-corrected chi connectivity index (χ4v) is 2.60. The van der Waals surface area contributed by atoms with E-state index in [9.17, 15) is 23.2 Å². The first kappa shape index (κ1) is 20.6. The molecule has 1 fully saturated rings. The number of halogens is 2. The number of aryl methyl sites for hydroxylation is 1. The van der Waals surface area contributed by atoms with E-state index in [1.54, 1.807) is 0 Å². The molecule has 9 heteroatoms. The highest BCUT2D eigenvalue weighted by atomic mass is 19.1. The maximum atomic E-state index is 13.5. The van der Waals surface area contributed by atoms with E-state index >= 15 is 0 Å². The van der Waals surface area contributed by atoms with E-state index in [-0.39, 0.29) is 30.3 Å². The van der Waals surface area contributed by atoms with Crippen molar-refractivity contribution in [1.29, 1.82) is 0 Å². The van der Waals surface area contributed by atoms with Crippen LogP contribution in [0, 0.1) is 11.6 Å². The highest BCUT2D eigenvalue weighted by Gasteiger charge is 2.28. The van der Waals surface area contributed by atoms with Crippen molar-refractivity contribution in [1.82, 2.24) is 16.0 Å². The van der Waals surface area contributed by atoms with Gasteiger partial charge in [-0.15, -0.1) is 0 Å². The van der Waals surface area contributed by atoms with Crippen molar-refractivity contribution in [3.8, 4) is 0 Å². The van der Waals surface area contributed by atoms with Gasteiger partial charge in [0.2, 0.25) is 5.91 Å². The first-order valence-corrected chi connectivity index (χ1v) is 8.88. The van der Waals surface area contributed by atoms with E-state index in [0.29, 0.717) is 38.8 Å². The molecule has 0 aliphatic carbocycles. The smallest absolute Gasteiger partial charge is 0.408 e. The number of hydrogen-bond acceptors (Lipinski definition) is 4. The maximum absolute atomic E-state index is 13.5. The number of nitrogens with one attached hydrogen (secondary N) is 3. The minimum Gasteiger partial charge on any atom is -0.434 e. The van der Waals surface area contributed by atoms with Crippen molar-refractivity contribution in [3.63, 3.8) is 0 Å². The molecule has 1 saturated heterocycles. The molecular weight excluding hydrogens is 360 g/mol. The summed E-state index contributed by atoms with van der Waals surface area (Å²) in [6, 6.07) is 3.28. The third-order valence-corrected chi connectivity index (χ3v) is 4.06. The lowest BCUT2D eigenvalue weighted by molar-refractivity contribution is -0.127. The molecule has 2 rings (SSSR count). The number of carbonyl (C=O) groups excluding carboxylic acids is 3. The Labute approximate surface area is 155 Å². The second kappa shape index (κ2) is 10.4. The Morgan fingerprint density at radius 1 is 1.15 bits per heavy atom. The molecule has 0 unspecified atom stereocenters. The van der Waals surface area contributed by atoms with Crippen LogP contribution in [0.4, 0.5) is 13.6 Å². The van der Waals surface area contributed by atoms with Crippen molar-refractivity contribution in [2.24, 2.45) is 0 Å². The fourth-order valence-electron chi connectivity index (χ4n) is 2.60. The van der Waals surface area contributed by atoms with E-state index < -0.39 is 23.8 Å². The summed E-state index contributed by atoms with van der Waals surface area (Å²) in [6.45, 7) is 1.05. The molecule has 0 radical (unpaired) electrons. The number of benzene rings is 1. The number of unbranched alkanes of at least 4 members (excludes halogenated alkanes) is 1. The first-order valence-electron chi connectivity index (χ1n) is 8.88. The zero-order chi connectivity index (χ0) is 19.6. The molecule has 1 atom stereocenters. The molecule has 1 heterocycles. The van der Waals surface area contributed by atoms with Crippen LogP contribution in [-0.2, 0) is 20.7 Å². The summed E-state index contributed by atoms with van der Waals surface area (Å²) in [5.74, 6) is -1.46. The van der Waals surface area contributed by atoms with Crippen LogP contribution in [-0.4, -0.2) is 43.6 Å². The van der Waals surface area contributed by atoms with E-state index in [4.69, 9.17) is 4.74 Å². The van der Waals surface area contributed by atoms with Gasteiger partial charge in [0.25, 0.3) is 5.91 Å². The Kier molecular flexibility index (Phi) is 7.97. The Hall–Kier alpha value is -2.71. The third kappa shape index (κ3) is 7.20. The van der Waals surface area contributed by atoms with Gasteiger partial charge in [0.05, 0.1) is 6.54 Å². The lowest BCUT2D eigenvalue weighted by Crippen LogP contribution is -2.37. The normalized spacial score (nSPS) is 15.8. The van der Waals surface area contributed by atoms with Gasteiger partial charge in [-0.3, -0.25) is 9.59 Å². The van der Waals surface area contributed by atoms with Gasteiger partial charge in [-0.2, -0.15) is 0 Å². The zero-order valence-corrected chi connectivity index (χ0v) is 14.9. The maximum Gasteiger partial charge on any atom is 0.408 e. The van der Waals surface area contributed by atoms with E-state index in [2.05, 4.69) is 16.0 Å². The van der Waals surface area contributed by atoms with Crippen molar-refractivity contribution in [3.05, 3.63) is 35.4 Å². The summed E-state index contributed by atoms with van der Waals surface area (Å²) in [6.07, 6.45) is 0.896. The van der Waals surface area contributed by atoms with Crippen LogP contribution in [0.1, 0.15) is 31.2 Å². The standard InChI is InChI=1S/C18H23F2N3O4/c19-13-6-7-14(20)12(10-13)4-3-5-16(24)21-8-1-2-9-22-17(25)15-11-23-18(26)27-15/h6-7,10,15H,1-5,8-9,11H2,(H,21,24)(H,22,25)(H,23,26)/t15-/m0/s1. The van der Waals surface area contributed by atoms with Crippen molar-refractivity contribution < 1.29 is 27.9 Å². The van der Waals surface area contributed by atoms with Crippen LogP contribution in [0.5, 0.6) is 0 Å². The predicted molar refractivity (Wildman–Crippen MR) is 92.8 cm³/mol. The predicted octanol–water partition coefficient (Wildman–Crippen LogP) is 1.41. The van der Waals surface area contributed by atoms with Crippen molar-refractivity contribution in [2.45, 2.75) is 38.2 Å². The molecule has 1 aromatic carbocycles. The number of ether oxygens (including phenoxy) is 1. The summed E-state index contributed by atoms with van der Waals surface area (Å²) in [5, 5.41) is 7.80. The highest BCUT2D eigenvalue weighted by Crippen LogP contribution is 2.12. The Balaban J connectivity index is 1.49. The number of carbonyl (C=O) groups is 3. The van der Waals surface area contributed by atoms with Gasteiger partial charge in [-0.05, 0) is 49.4 Å². The zero-order valence-electron chi connectivity index (χ0n) is 14.9. The second-order valence-electron chi connectivity index (χ2n) is 6.21. The summed E-state index contributed by atoms with van der Waals surface area (Å²) in [4.78, 5) is 34.2. The lowest BCUT2D eigenvalue weighted by Gasteiger charge is -2.09. The molecule has 3 N–H and O–H groups in total. The van der Waals surface area contributed by atoms with Gasteiger partial charge in [-0.25, -0.2) is 13.6 Å². The van der Waals surface area contributed by atoms with Crippen LogP contribution in [0.2, 0.25) is 0 Å². The number of hydrogen-bond donors (Lipinski definition) is 3. The molecule has 0 spiro atoms. The minimum absolute atomic E-state index is 0.153. The Morgan fingerprint density at radius 3 is 2.59 bits per heavy atom. The molecule has 3 amide bonds. The van der Waals surface area contributed by atoms with Crippen LogP contribution in [0.25, 0.3) is 0 Å². The third-order valence-electron chi connectivity index (χ3n) is 4.06. The summed E-state index contributed by atoms with van der Waals surface area (Å²) in [7, 11) is 0. The molecule has 0 aromatic heterocycles. The number of rotatable bonds is 10. The molecule has 1 aromatic rings. The SMILES string of the molecule is O=C(CCCc1cc(F)ccc1F)NCCCCNC(=O)[C@@H]1CNC(=O)O1. The molecule has 7 nitrogen and oxygen atoms in total. The van der Waals surface area contributed by atoms with Gasteiger partial charge < -0.3 is 20.7 Å². The van der Waals surface area contributed by atoms with Gasteiger partial charge in [0.1, 0.15) is 11.6 Å². The van der Waals surface area contributed by atoms with Crippen LogP contribution < -0.4 is 16.0 Å². The van der Waals surface area contributed by atoms with Crippen LogP contribution >= 0.6 is 0 Å². The van der Waals surface area contributed by atoms with Gasteiger partial charge in [-0.1, -0.05) is 0 Å².